The van der Waals surface area contributed by atoms with Crippen LogP contribution in [0.15, 0.2) is 0 Å². The second kappa shape index (κ2) is 8.82. The summed E-state index contributed by atoms with van der Waals surface area (Å²) in [5.74, 6) is 2.79. The Bertz CT molecular complexity index is 429. The molecule has 0 spiro atoms. The van der Waals surface area contributed by atoms with Gasteiger partial charge in [-0.25, -0.2) is 9.97 Å². The van der Waals surface area contributed by atoms with Gasteiger partial charge < -0.3 is 15.5 Å². The van der Waals surface area contributed by atoms with Crippen molar-refractivity contribution in [3.63, 3.8) is 0 Å². The Morgan fingerprint density at radius 2 is 1.67 bits per heavy atom. The fourth-order valence-corrected chi connectivity index (χ4v) is 2.35. The van der Waals surface area contributed by atoms with E-state index in [4.69, 9.17) is 0 Å². The highest BCUT2D eigenvalue weighted by Crippen LogP contribution is 2.21. The summed E-state index contributed by atoms with van der Waals surface area (Å²) in [7, 11) is 0. The Balaban J connectivity index is 2.88. The lowest BCUT2D eigenvalue weighted by Gasteiger charge is -2.25. The number of hydrogen-bond acceptors (Lipinski definition) is 5. The van der Waals surface area contributed by atoms with Crippen LogP contribution in [0.2, 0.25) is 0 Å². The first-order valence-electron chi connectivity index (χ1n) is 8.15. The lowest BCUT2D eigenvalue weighted by atomic mass is 10.2. The first-order chi connectivity index (χ1) is 10.0. The van der Waals surface area contributed by atoms with Crippen LogP contribution in [0.5, 0.6) is 0 Å². The van der Waals surface area contributed by atoms with Crippen molar-refractivity contribution in [2.45, 2.75) is 54.0 Å². The number of hydrogen-bond donors (Lipinski definition) is 2. The first-order valence-corrected chi connectivity index (χ1v) is 8.15. The van der Waals surface area contributed by atoms with Gasteiger partial charge in [-0.2, -0.15) is 0 Å². The predicted octanol–water partition coefficient (Wildman–Crippen LogP) is 2.92. The number of anilines is 2. The third-order valence-electron chi connectivity index (χ3n) is 3.66. The second-order valence-corrected chi connectivity index (χ2v) is 5.38. The average molecular weight is 293 g/mol. The number of nitrogens with zero attached hydrogens (tertiary/aromatic N) is 3. The van der Waals surface area contributed by atoms with Crippen LogP contribution in [-0.2, 0) is 6.42 Å². The summed E-state index contributed by atoms with van der Waals surface area (Å²) in [6.45, 7) is 16.9. The molecular formula is C16H31N5. The highest BCUT2D eigenvalue weighted by molar-refractivity contribution is 5.57. The van der Waals surface area contributed by atoms with E-state index in [0.717, 1.165) is 55.6 Å². The van der Waals surface area contributed by atoms with Crippen molar-refractivity contribution >= 4 is 11.6 Å². The molecule has 120 valence electrons. The molecule has 0 radical (unpaired) electrons. The SMILES string of the molecule is CCNc1nc(CC)nc(NC(C)CN(CC)CC)c1C. The van der Waals surface area contributed by atoms with Gasteiger partial charge in [0, 0.05) is 31.1 Å². The fourth-order valence-electron chi connectivity index (χ4n) is 2.35. The number of rotatable bonds is 9. The van der Waals surface area contributed by atoms with Gasteiger partial charge in [-0.15, -0.1) is 0 Å². The molecule has 1 heterocycles. The van der Waals surface area contributed by atoms with Crippen molar-refractivity contribution in [1.29, 1.82) is 0 Å². The summed E-state index contributed by atoms with van der Waals surface area (Å²) in [5.41, 5.74) is 1.10. The van der Waals surface area contributed by atoms with E-state index in [2.05, 4.69) is 67.0 Å². The van der Waals surface area contributed by atoms with Gasteiger partial charge in [0.05, 0.1) is 0 Å². The van der Waals surface area contributed by atoms with Crippen LogP contribution in [0, 0.1) is 6.92 Å². The quantitative estimate of drug-likeness (QED) is 0.733. The molecule has 2 N–H and O–H groups in total. The van der Waals surface area contributed by atoms with Gasteiger partial charge in [0.25, 0.3) is 0 Å². The monoisotopic (exact) mass is 293 g/mol. The fraction of sp³-hybridized carbons (Fsp3) is 0.750. The highest BCUT2D eigenvalue weighted by Gasteiger charge is 2.13. The van der Waals surface area contributed by atoms with Gasteiger partial charge in [-0.3, -0.25) is 0 Å². The summed E-state index contributed by atoms with van der Waals surface area (Å²) in [4.78, 5) is 11.6. The molecule has 21 heavy (non-hydrogen) atoms. The van der Waals surface area contributed by atoms with Gasteiger partial charge in [0.15, 0.2) is 0 Å². The zero-order valence-corrected chi connectivity index (χ0v) is 14.5. The molecule has 0 saturated carbocycles. The van der Waals surface area contributed by atoms with E-state index >= 15 is 0 Å². The summed E-state index contributed by atoms with van der Waals surface area (Å²) < 4.78 is 0. The molecule has 0 aromatic carbocycles. The van der Waals surface area contributed by atoms with Crippen molar-refractivity contribution in [1.82, 2.24) is 14.9 Å². The van der Waals surface area contributed by atoms with Crippen molar-refractivity contribution in [2.24, 2.45) is 0 Å². The summed E-state index contributed by atoms with van der Waals surface area (Å²) in [6, 6.07) is 0.359. The Morgan fingerprint density at radius 3 is 2.19 bits per heavy atom. The molecule has 0 amide bonds. The minimum Gasteiger partial charge on any atom is -0.370 e. The molecule has 1 aromatic heterocycles. The van der Waals surface area contributed by atoms with E-state index in [1.165, 1.54) is 0 Å². The maximum absolute atomic E-state index is 4.65. The molecule has 1 aromatic rings. The standard InChI is InChI=1S/C16H31N5/c1-7-14-19-15(17-8-2)13(6)16(20-14)18-12(5)11-21(9-3)10-4/h12H,7-11H2,1-6H3,(H2,17,18,19,20). The highest BCUT2D eigenvalue weighted by atomic mass is 15.2. The molecule has 5 nitrogen and oxygen atoms in total. The first kappa shape index (κ1) is 17.7. The van der Waals surface area contributed by atoms with Gasteiger partial charge in [-0.05, 0) is 33.9 Å². The van der Waals surface area contributed by atoms with Crippen LogP contribution < -0.4 is 10.6 Å². The topological polar surface area (TPSA) is 53.1 Å². The third-order valence-corrected chi connectivity index (χ3v) is 3.66. The molecule has 1 atom stereocenters. The molecule has 0 aliphatic heterocycles. The number of likely N-dealkylation sites (N-methyl/N-ethyl adjacent to an activating group) is 1. The molecule has 1 rings (SSSR count). The minimum absolute atomic E-state index is 0.359. The maximum atomic E-state index is 4.65. The summed E-state index contributed by atoms with van der Waals surface area (Å²) in [5, 5.41) is 6.88. The lowest BCUT2D eigenvalue weighted by Crippen LogP contribution is -2.35. The maximum Gasteiger partial charge on any atom is 0.135 e. The average Bonchev–Trinajstić information content (AvgIpc) is 2.48. The van der Waals surface area contributed by atoms with Crippen LogP contribution in [0.4, 0.5) is 11.6 Å². The molecule has 0 aliphatic carbocycles. The van der Waals surface area contributed by atoms with Crippen molar-refractivity contribution in [3.8, 4) is 0 Å². The Kier molecular flexibility index (Phi) is 7.43. The lowest BCUT2D eigenvalue weighted by molar-refractivity contribution is 0.294. The van der Waals surface area contributed by atoms with Crippen LogP contribution in [-0.4, -0.2) is 47.1 Å². The summed E-state index contributed by atoms with van der Waals surface area (Å²) >= 11 is 0. The van der Waals surface area contributed by atoms with Crippen molar-refractivity contribution in [3.05, 3.63) is 11.4 Å². The molecule has 5 heteroatoms. The predicted molar refractivity (Wildman–Crippen MR) is 91.2 cm³/mol. The van der Waals surface area contributed by atoms with E-state index in [0.29, 0.717) is 6.04 Å². The zero-order valence-electron chi connectivity index (χ0n) is 14.5. The molecule has 0 fully saturated rings. The smallest absolute Gasteiger partial charge is 0.135 e. The van der Waals surface area contributed by atoms with Crippen LogP contribution in [0.25, 0.3) is 0 Å². The van der Waals surface area contributed by atoms with E-state index < -0.39 is 0 Å². The van der Waals surface area contributed by atoms with Crippen molar-refractivity contribution < 1.29 is 0 Å². The van der Waals surface area contributed by atoms with E-state index in [-0.39, 0.29) is 0 Å². The van der Waals surface area contributed by atoms with E-state index in [9.17, 15) is 0 Å². The number of aryl methyl sites for hydroxylation is 1. The largest absolute Gasteiger partial charge is 0.370 e. The molecule has 0 bridgehead atoms. The molecular weight excluding hydrogens is 262 g/mol. The van der Waals surface area contributed by atoms with Crippen LogP contribution in [0.3, 0.4) is 0 Å². The van der Waals surface area contributed by atoms with Crippen LogP contribution in [0.1, 0.15) is 46.0 Å². The van der Waals surface area contributed by atoms with Gasteiger partial charge >= 0.3 is 0 Å². The zero-order chi connectivity index (χ0) is 15.8. The van der Waals surface area contributed by atoms with E-state index in [1.807, 2.05) is 0 Å². The molecule has 1 unspecified atom stereocenters. The van der Waals surface area contributed by atoms with Gasteiger partial charge in [-0.1, -0.05) is 20.8 Å². The normalized spacial score (nSPS) is 12.5. The van der Waals surface area contributed by atoms with Crippen molar-refractivity contribution in [2.75, 3.05) is 36.8 Å². The van der Waals surface area contributed by atoms with Crippen LogP contribution >= 0.6 is 0 Å². The Labute approximate surface area is 129 Å². The Morgan fingerprint density at radius 1 is 1.05 bits per heavy atom. The van der Waals surface area contributed by atoms with E-state index in [1.54, 1.807) is 0 Å². The molecule has 0 saturated heterocycles. The second-order valence-electron chi connectivity index (χ2n) is 5.38. The number of aromatic nitrogens is 2. The van der Waals surface area contributed by atoms with Gasteiger partial charge in [0.2, 0.25) is 0 Å². The summed E-state index contributed by atoms with van der Waals surface area (Å²) in [6.07, 6.45) is 0.845. The third kappa shape index (κ3) is 5.16. The molecule has 0 aliphatic rings. The van der Waals surface area contributed by atoms with Gasteiger partial charge in [0.1, 0.15) is 17.5 Å². The minimum atomic E-state index is 0.359. The Hall–Kier alpha value is -1.36. The number of nitrogens with one attached hydrogen (secondary N) is 2.